The van der Waals surface area contributed by atoms with Gasteiger partial charge in [0, 0.05) is 11.6 Å². The lowest BCUT2D eigenvalue weighted by atomic mass is 9.75. The molecule has 3 rings (SSSR count). The largest absolute Gasteiger partial charge is 0.495 e. The van der Waals surface area contributed by atoms with Crippen LogP contribution >= 0.6 is 0 Å². The zero-order valence-corrected chi connectivity index (χ0v) is 15.4. The van der Waals surface area contributed by atoms with Gasteiger partial charge in [-0.25, -0.2) is 0 Å². The fourth-order valence-corrected chi connectivity index (χ4v) is 2.95. The number of rotatable bonds is 3. The van der Waals surface area contributed by atoms with E-state index in [1.54, 1.807) is 27.7 Å². The van der Waals surface area contributed by atoms with Crippen molar-refractivity contribution < 1.29 is 27.3 Å². The zero-order chi connectivity index (χ0) is 19.3. The van der Waals surface area contributed by atoms with Gasteiger partial charge in [-0.3, -0.25) is 4.79 Å². The number of benzene rings is 1. The molecule has 1 saturated heterocycles. The summed E-state index contributed by atoms with van der Waals surface area (Å²) in [5.41, 5.74) is -2.39. The molecule has 1 N–H and O–H groups in total. The highest BCUT2D eigenvalue weighted by molar-refractivity contribution is 6.62. The van der Waals surface area contributed by atoms with Crippen LogP contribution in [0.25, 0.3) is 0 Å². The highest BCUT2D eigenvalue weighted by Gasteiger charge is 2.53. The summed E-state index contributed by atoms with van der Waals surface area (Å²) >= 11 is 0. The lowest BCUT2D eigenvalue weighted by Gasteiger charge is -2.32. The maximum absolute atomic E-state index is 13.5. The topological polar surface area (TPSA) is 47.6 Å². The van der Waals surface area contributed by atoms with Crippen LogP contribution in [-0.2, 0) is 15.5 Å². The maximum atomic E-state index is 13.5. The molecule has 2 aliphatic rings. The normalized spacial score (nSPS) is 22.2. The quantitative estimate of drug-likeness (QED) is 0.832. The maximum Gasteiger partial charge on any atom is 0.495 e. The molecule has 0 spiro atoms. The lowest BCUT2D eigenvalue weighted by molar-refractivity contribution is -0.136. The van der Waals surface area contributed by atoms with Crippen molar-refractivity contribution in [3.63, 3.8) is 0 Å². The van der Waals surface area contributed by atoms with Gasteiger partial charge in [-0.05, 0) is 70.6 Å². The highest BCUT2D eigenvalue weighted by atomic mass is 19.4. The van der Waals surface area contributed by atoms with Gasteiger partial charge in [-0.15, -0.1) is 0 Å². The van der Waals surface area contributed by atoms with Gasteiger partial charge in [-0.2, -0.15) is 13.2 Å². The minimum absolute atomic E-state index is 0.102. The van der Waals surface area contributed by atoms with Crippen molar-refractivity contribution in [2.45, 2.75) is 70.4 Å². The zero-order valence-electron chi connectivity index (χ0n) is 15.4. The first-order chi connectivity index (χ1) is 11.9. The molecule has 8 heteroatoms. The van der Waals surface area contributed by atoms with Crippen LogP contribution in [0.4, 0.5) is 13.2 Å². The smallest absolute Gasteiger partial charge is 0.399 e. The third-order valence-electron chi connectivity index (χ3n) is 5.57. The van der Waals surface area contributed by atoms with E-state index in [-0.39, 0.29) is 23.0 Å². The number of alkyl halides is 3. The number of carbonyl (C=O) groups is 1. The van der Waals surface area contributed by atoms with Crippen LogP contribution in [0.2, 0.25) is 0 Å². The Kier molecular flexibility index (Phi) is 4.64. The van der Waals surface area contributed by atoms with Crippen LogP contribution in [0.5, 0.6) is 0 Å². The molecule has 1 saturated carbocycles. The number of amides is 1. The van der Waals surface area contributed by atoms with Gasteiger partial charge < -0.3 is 14.6 Å². The Morgan fingerprint density at radius 2 is 1.73 bits per heavy atom. The molecule has 1 aromatic rings. The molecular formula is C18H23BF3NO3. The molecule has 0 bridgehead atoms. The summed E-state index contributed by atoms with van der Waals surface area (Å²) in [6.45, 7) is 7.08. The van der Waals surface area contributed by atoms with Crippen molar-refractivity contribution in [2.24, 2.45) is 0 Å². The first-order valence-electron chi connectivity index (χ1n) is 8.78. The number of hydrogen-bond acceptors (Lipinski definition) is 3. The minimum Gasteiger partial charge on any atom is -0.399 e. The second-order valence-electron chi connectivity index (χ2n) is 7.99. The molecule has 1 aliphatic heterocycles. The van der Waals surface area contributed by atoms with Crippen molar-refractivity contribution in [2.75, 3.05) is 0 Å². The first kappa shape index (κ1) is 19.2. The SMILES string of the molecule is CC1(C)OB(c2cc(C(=O)NC3CCC3)ccc2C(F)(F)F)OC1(C)C. The lowest BCUT2D eigenvalue weighted by Crippen LogP contribution is -2.42. The molecule has 1 aromatic carbocycles. The molecule has 1 aliphatic carbocycles. The molecule has 2 fully saturated rings. The second kappa shape index (κ2) is 6.27. The van der Waals surface area contributed by atoms with Gasteiger partial charge in [0.2, 0.25) is 0 Å². The molecule has 0 unspecified atom stereocenters. The minimum atomic E-state index is -4.57. The van der Waals surface area contributed by atoms with Gasteiger partial charge >= 0.3 is 13.3 Å². The molecule has 0 radical (unpaired) electrons. The van der Waals surface area contributed by atoms with Crippen molar-refractivity contribution in [1.29, 1.82) is 0 Å². The Bertz CT molecular complexity index is 698. The Morgan fingerprint density at radius 3 is 2.19 bits per heavy atom. The summed E-state index contributed by atoms with van der Waals surface area (Å²) in [5.74, 6) is -0.374. The third kappa shape index (κ3) is 3.49. The van der Waals surface area contributed by atoms with Crippen LogP contribution in [-0.4, -0.2) is 30.3 Å². The third-order valence-corrected chi connectivity index (χ3v) is 5.57. The van der Waals surface area contributed by atoms with E-state index in [1.807, 2.05) is 0 Å². The standard InChI is InChI=1S/C18H23BF3NO3/c1-16(2)17(3,4)26-19(25-16)14-10-11(8-9-13(14)18(20,21)22)15(24)23-12-6-5-7-12/h8-10,12H,5-7H2,1-4H3,(H,23,24). The molecule has 1 heterocycles. The van der Waals surface area contributed by atoms with Crippen molar-refractivity contribution >= 4 is 18.5 Å². The fraction of sp³-hybridized carbons (Fsp3) is 0.611. The molecule has 26 heavy (non-hydrogen) atoms. The average Bonchev–Trinajstić information content (AvgIpc) is 2.69. The monoisotopic (exact) mass is 369 g/mol. The van der Waals surface area contributed by atoms with E-state index in [4.69, 9.17) is 9.31 Å². The van der Waals surface area contributed by atoms with E-state index in [2.05, 4.69) is 5.32 Å². The Labute approximate surface area is 151 Å². The van der Waals surface area contributed by atoms with Crippen LogP contribution in [0, 0.1) is 0 Å². The summed E-state index contributed by atoms with van der Waals surface area (Å²) < 4.78 is 52.0. The number of hydrogen-bond donors (Lipinski definition) is 1. The molecule has 142 valence electrons. The molecular weight excluding hydrogens is 346 g/mol. The van der Waals surface area contributed by atoms with Crippen LogP contribution in [0.3, 0.4) is 0 Å². The van der Waals surface area contributed by atoms with Gasteiger partial charge in [0.1, 0.15) is 0 Å². The number of nitrogens with one attached hydrogen (secondary N) is 1. The highest BCUT2D eigenvalue weighted by Crippen LogP contribution is 2.38. The average molecular weight is 369 g/mol. The summed E-state index contributed by atoms with van der Waals surface area (Å²) in [6, 6.07) is 3.46. The van der Waals surface area contributed by atoms with Crippen LogP contribution in [0.15, 0.2) is 18.2 Å². The predicted molar refractivity (Wildman–Crippen MR) is 92.3 cm³/mol. The fourth-order valence-electron chi connectivity index (χ4n) is 2.95. The van der Waals surface area contributed by atoms with E-state index in [9.17, 15) is 18.0 Å². The summed E-state index contributed by atoms with van der Waals surface area (Å²) in [7, 11) is -1.19. The Hall–Kier alpha value is -1.54. The summed E-state index contributed by atoms with van der Waals surface area (Å²) in [5, 5.41) is 2.84. The van der Waals surface area contributed by atoms with Gasteiger partial charge in [-0.1, -0.05) is 0 Å². The van der Waals surface area contributed by atoms with Crippen LogP contribution < -0.4 is 10.8 Å². The Balaban J connectivity index is 1.95. The van der Waals surface area contributed by atoms with E-state index >= 15 is 0 Å². The Morgan fingerprint density at radius 1 is 1.15 bits per heavy atom. The predicted octanol–water partition coefficient (Wildman–Crippen LogP) is 3.29. The molecule has 0 aromatic heterocycles. The van der Waals surface area contributed by atoms with E-state index in [1.165, 1.54) is 12.1 Å². The van der Waals surface area contributed by atoms with E-state index in [0.29, 0.717) is 0 Å². The molecule has 4 nitrogen and oxygen atoms in total. The van der Waals surface area contributed by atoms with Crippen molar-refractivity contribution in [1.82, 2.24) is 5.32 Å². The van der Waals surface area contributed by atoms with Crippen molar-refractivity contribution in [3.05, 3.63) is 29.3 Å². The first-order valence-corrected chi connectivity index (χ1v) is 8.78. The van der Waals surface area contributed by atoms with Crippen molar-refractivity contribution in [3.8, 4) is 0 Å². The van der Waals surface area contributed by atoms with Gasteiger partial charge in [0.25, 0.3) is 5.91 Å². The summed E-state index contributed by atoms with van der Waals surface area (Å²) in [4.78, 5) is 12.4. The van der Waals surface area contributed by atoms with E-state index < -0.39 is 30.1 Å². The van der Waals surface area contributed by atoms with Gasteiger partial charge in [0.05, 0.1) is 16.8 Å². The number of carbonyl (C=O) groups excluding carboxylic acids is 1. The van der Waals surface area contributed by atoms with Gasteiger partial charge in [0.15, 0.2) is 0 Å². The summed E-state index contributed by atoms with van der Waals surface area (Å²) in [6.07, 6.45) is -1.72. The van der Waals surface area contributed by atoms with E-state index in [0.717, 1.165) is 25.3 Å². The van der Waals surface area contributed by atoms with Crippen LogP contribution in [0.1, 0.15) is 62.9 Å². The molecule has 1 amide bonds. The number of halogens is 3. The second-order valence-corrected chi connectivity index (χ2v) is 7.99. The molecule has 0 atom stereocenters.